The molecule has 0 spiro atoms. The van der Waals surface area contributed by atoms with Crippen LogP contribution in [0.5, 0.6) is 0 Å². The summed E-state index contributed by atoms with van der Waals surface area (Å²) in [6, 6.07) is 0. The van der Waals surface area contributed by atoms with E-state index in [1.54, 1.807) is 13.3 Å². The summed E-state index contributed by atoms with van der Waals surface area (Å²) in [5.74, 6) is 0.700. The first-order chi connectivity index (χ1) is 9.54. The zero-order valence-corrected chi connectivity index (χ0v) is 12.6. The number of carbonyl (C=O) groups is 2. The van der Waals surface area contributed by atoms with Gasteiger partial charge in [-0.3, -0.25) is 0 Å². The van der Waals surface area contributed by atoms with Crippen molar-refractivity contribution < 1.29 is 19.1 Å². The summed E-state index contributed by atoms with van der Waals surface area (Å²) >= 11 is 4.82. The van der Waals surface area contributed by atoms with Crippen LogP contribution < -0.4 is 5.32 Å². The summed E-state index contributed by atoms with van der Waals surface area (Å²) in [6.07, 6.45) is 4.61. The van der Waals surface area contributed by atoms with E-state index in [1.807, 2.05) is 0 Å². The molecule has 0 saturated heterocycles. The number of amides is 1. The molecule has 0 aromatic heterocycles. The number of ether oxygens (including phenoxy) is 2. The van der Waals surface area contributed by atoms with Gasteiger partial charge in [-0.1, -0.05) is 11.6 Å². The zero-order chi connectivity index (χ0) is 15.1. The van der Waals surface area contributed by atoms with Crippen LogP contribution >= 0.6 is 11.6 Å². The summed E-state index contributed by atoms with van der Waals surface area (Å²) in [6.45, 7) is 4.12. The molecule has 3 atom stereocenters. The molecule has 0 aromatic carbocycles. The van der Waals surface area contributed by atoms with Gasteiger partial charge < -0.3 is 19.6 Å². The van der Waals surface area contributed by atoms with Crippen molar-refractivity contribution in [1.82, 2.24) is 5.32 Å². The number of hydrogen-bond donors (Lipinski definition) is 1. The van der Waals surface area contributed by atoms with Crippen molar-refractivity contribution in [1.29, 1.82) is 0 Å². The Labute approximate surface area is 124 Å². The van der Waals surface area contributed by atoms with Crippen LogP contribution in [0.4, 0.5) is 4.79 Å². The second kappa shape index (κ2) is 7.94. The number of halogens is 1. The molecule has 1 heterocycles. The van der Waals surface area contributed by atoms with Gasteiger partial charge >= 0.3 is 6.09 Å². The predicted molar refractivity (Wildman–Crippen MR) is 76.3 cm³/mol. The van der Waals surface area contributed by atoms with Gasteiger partial charge in [0, 0.05) is 7.05 Å². The van der Waals surface area contributed by atoms with E-state index in [-0.39, 0.29) is 11.8 Å². The number of fused-ring (bicyclic) bond motifs is 1. The number of hydrogen-bond acceptors (Lipinski definition) is 4. The smallest absolute Gasteiger partial charge is 0.409 e. The van der Waals surface area contributed by atoms with Gasteiger partial charge in [-0.25, -0.2) is 4.79 Å². The van der Waals surface area contributed by atoms with E-state index in [0.29, 0.717) is 12.2 Å². The lowest BCUT2D eigenvalue weighted by atomic mass is 9.85. The van der Waals surface area contributed by atoms with Crippen LogP contribution in [-0.4, -0.2) is 31.6 Å². The lowest BCUT2D eigenvalue weighted by Gasteiger charge is -2.33. The highest BCUT2D eigenvalue weighted by Crippen LogP contribution is 2.42. The molecule has 0 aromatic rings. The van der Waals surface area contributed by atoms with Crippen LogP contribution in [-0.2, 0) is 14.3 Å². The molecule has 1 N–H and O–H groups in total. The summed E-state index contributed by atoms with van der Waals surface area (Å²) in [5.41, 5.74) is 2.46. The minimum atomic E-state index is -0.493. The molecule has 2 rings (SSSR count). The van der Waals surface area contributed by atoms with Gasteiger partial charge in [0.1, 0.15) is 6.29 Å². The van der Waals surface area contributed by atoms with Crippen LogP contribution in [0.3, 0.4) is 0 Å². The maximum absolute atomic E-state index is 11.2. The molecular weight excluding hydrogens is 282 g/mol. The average molecular weight is 302 g/mol. The first-order valence-corrected chi connectivity index (χ1v) is 6.95. The molecule has 1 aliphatic carbocycles. The number of alkyl carbamates (subject to hydrolysis) is 1. The van der Waals surface area contributed by atoms with Crippen LogP contribution in [0.25, 0.3) is 0 Å². The number of carbonyl (C=O) groups excluding carboxylic acids is 2. The molecule has 0 bridgehead atoms. The van der Waals surface area contributed by atoms with Gasteiger partial charge in [0.05, 0.1) is 18.1 Å². The minimum absolute atomic E-state index is 0.111. The molecule has 0 radical (unpaired) electrons. The van der Waals surface area contributed by atoms with E-state index in [2.05, 4.69) is 25.2 Å². The highest BCUT2D eigenvalue weighted by atomic mass is 35.5. The molecule has 0 fully saturated rings. The number of nitrogens with one attached hydrogen (secondary N) is 1. The molecule has 0 saturated carbocycles. The molecule has 1 amide bonds. The lowest BCUT2D eigenvalue weighted by molar-refractivity contribution is -0.107. The Morgan fingerprint density at radius 2 is 2.20 bits per heavy atom. The van der Waals surface area contributed by atoms with Crippen molar-refractivity contribution in [2.75, 3.05) is 12.9 Å². The SMILES string of the molecule is CNC(=O)OC1OC=C(C)C2CC=C(C)C12.O=CCCl. The van der Waals surface area contributed by atoms with Crippen molar-refractivity contribution in [2.24, 2.45) is 11.8 Å². The molecule has 1 aliphatic heterocycles. The highest BCUT2D eigenvalue weighted by Gasteiger charge is 2.40. The maximum atomic E-state index is 11.2. The lowest BCUT2D eigenvalue weighted by Crippen LogP contribution is -2.37. The Morgan fingerprint density at radius 3 is 2.75 bits per heavy atom. The molecule has 2 aliphatic rings. The van der Waals surface area contributed by atoms with Gasteiger partial charge in [-0.15, -0.1) is 11.6 Å². The summed E-state index contributed by atoms with van der Waals surface area (Å²) < 4.78 is 10.7. The third-order valence-corrected chi connectivity index (χ3v) is 3.54. The summed E-state index contributed by atoms with van der Waals surface area (Å²) in [7, 11) is 1.54. The van der Waals surface area contributed by atoms with Crippen molar-refractivity contribution in [3.63, 3.8) is 0 Å². The van der Waals surface area contributed by atoms with Crippen LogP contribution in [0, 0.1) is 11.8 Å². The minimum Gasteiger partial charge on any atom is -0.462 e. The number of aldehydes is 1. The van der Waals surface area contributed by atoms with E-state index in [0.717, 1.165) is 6.42 Å². The average Bonchev–Trinajstić information content (AvgIpc) is 2.85. The maximum Gasteiger partial charge on any atom is 0.409 e. The van der Waals surface area contributed by atoms with E-state index in [4.69, 9.17) is 25.9 Å². The Morgan fingerprint density at radius 1 is 1.55 bits per heavy atom. The largest absolute Gasteiger partial charge is 0.462 e. The zero-order valence-electron chi connectivity index (χ0n) is 11.9. The molecule has 20 heavy (non-hydrogen) atoms. The van der Waals surface area contributed by atoms with Crippen LogP contribution in [0.15, 0.2) is 23.5 Å². The molecular formula is C14H20ClNO4. The fourth-order valence-electron chi connectivity index (χ4n) is 2.40. The summed E-state index contributed by atoms with van der Waals surface area (Å²) in [5, 5.41) is 2.44. The summed E-state index contributed by atoms with van der Waals surface area (Å²) in [4.78, 5) is 20.2. The van der Waals surface area contributed by atoms with Crippen molar-refractivity contribution in [2.45, 2.75) is 26.6 Å². The number of alkyl halides is 1. The van der Waals surface area contributed by atoms with Gasteiger partial charge in [-0.2, -0.15) is 0 Å². The Hall–Kier alpha value is -1.49. The van der Waals surface area contributed by atoms with Crippen molar-refractivity contribution >= 4 is 24.0 Å². The standard InChI is InChI=1S/C12H17NO3.C2H3ClO/c1-7-4-5-9-8(2)6-15-11(10(7)9)16-12(14)13-3;3-1-2-4/h4,6,9-11H,5H2,1-3H3,(H,13,14);2H,1H2. The third-order valence-electron chi connectivity index (χ3n) is 3.41. The van der Waals surface area contributed by atoms with Gasteiger partial charge in [-0.05, 0) is 31.8 Å². The van der Waals surface area contributed by atoms with Gasteiger partial charge in [0.25, 0.3) is 6.29 Å². The Bertz CT molecular complexity index is 419. The monoisotopic (exact) mass is 301 g/mol. The Kier molecular flexibility index (Phi) is 6.58. The van der Waals surface area contributed by atoms with Crippen molar-refractivity contribution in [3.8, 4) is 0 Å². The highest BCUT2D eigenvalue weighted by molar-refractivity contribution is 6.24. The molecule has 3 unspecified atom stereocenters. The van der Waals surface area contributed by atoms with E-state index < -0.39 is 12.4 Å². The van der Waals surface area contributed by atoms with Crippen LogP contribution in [0.2, 0.25) is 0 Å². The topological polar surface area (TPSA) is 64.6 Å². The fourth-order valence-corrected chi connectivity index (χ4v) is 2.40. The Balaban J connectivity index is 0.000000444. The normalized spacial score (nSPS) is 26.9. The van der Waals surface area contributed by atoms with E-state index >= 15 is 0 Å². The van der Waals surface area contributed by atoms with Gasteiger partial charge in [0.15, 0.2) is 0 Å². The molecule has 112 valence electrons. The van der Waals surface area contributed by atoms with Gasteiger partial charge in [0.2, 0.25) is 0 Å². The van der Waals surface area contributed by atoms with E-state index in [1.165, 1.54) is 11.1 Å². The first-order valence-electron chi connectivity index (χ1n) is 6.41. The van der Waals surface area contributed by atoms with Crippen LogP contribution in [0.1, 0.15) is 20.3 Å². The van der Waals surface area contributed by atoms with E-state index in [9.17, 15) is 4.79 Å². The second-order valence-corrected chi connectivity index (χ2v) is 4.97. The number of rotatable bonds is 2. The molecule has 5 nitrogen and oxygen atoms in total. The third kappa shape index (κ3) is 4.00. The first kappa shape index (κ1) is 16.6. The predicted octanol–water partition coefficient (Wildman–Crippen LogP) is 2.61. The number of allylic oxidation sites excluding steroid dienone is 2. The quantitative estimate of drug-likeness (QED) is 0.484. The van der Waals surface area contributed by atoms with Crippen molar-refractivity contribution in [3.05, 3.63) is 23.5 Å². The molecule has 6 heteroatoms. The second-order valence-electron chi connectivity index (χ2n) is 4.66. The fraction of sp³-hybridized carbons (Fsp3) is 0.571.